The van der Waals surface area contributed by atoms with Crippen LogP contribution in [0.25, 0.3) is 0 Å². The molecule has 1 amide bonds. The Balaban J connectivity index is 2.20. The molecule has 1 saturated heterocycles. The Morgan fingerprint density at radius 3 is 2.87 bits per heavy atom. The predicted octanol–water partition coefficient (Wildman–Crippen LogP) is 0.908. The molecule has 9 heteroatoms. The third-order valence-electron chi connectivity index (χ3n) is 3.75. The van der Waals surface area contributed by atoms with E-state index in [9.17, 15) is 24.8 Å². The number of hydrogen-bond acceptors (Lipinski definition) is 6. The fourth-order valence-corrected chi connectivity index (χ4v) is 2.48. The van der Waals surface area contributed by atoms with Gasteiger partial charge in [0.15, 0.2) is 0 Å². The number of ether oxygens (including phenoxy) is 1. The first-order valence-corrected chi connectivity index (χ1v) is 7.12. The maximum atomic E-state index is 12.3. The highest BCUT2D eigenvalue weighted by atomic mass is 16.6. The number of amides is 1. The Morgan fingerprint density at radius 1 is 1.57 bits per heavy atom. The Labute approximate surface area is 131 Å². The highest BCUT2D eigenvalue weighted by molar-refractivity contribution is 5.98. The van der Waals surface area contributed by atoms with Gasteiger partial charge in [0.05, 0.1) is 22.8 Å². The first-order valence-electron chi connectivity index (χ1n) is 7.12. The number of aryl methyl sites for hydroxylation is 1. The summed E-state index contributed by atoms with van der Waals surface area (Å²) in [7, 11) is 0. The summed E-state index contributed by atoms with van der Waals surface area (Å²) >= 11 is 0. The second-order valence-electron chi connectivity index (χ2n) is 5.35. The lowest BCUT2D eigenvalue weighted by Gasteiger charge is -2.28. The van der Waals surface area contributed by atoms with Gasteiger partial charge in [-0.05, 0) is 19.8 Å². The summed E-state index contributed by atoms with van der Waals surface area (Å²) in [5, 5.41) is 22.6. The molecule has 1 aromatic rings. The fourth-order valence-electron chi connectivity index (χ4n) is 2.48. The van der Waals surface area contributed by atoms with Crippen LogP contribution in [-0.4, -0.2) is 46.1 Å². The lowest BCUT2D eigenvalue weighted by Crippen LogP contribution is -2.48. The maximum absolute atomic E-state index is 12.3. The fraction of sp³-hybridized carbons (Fsp3) is 0.500. The van der Waals surface area contributed by atoms with E-state index in [1.54, 1.807) is 0 Å². The highest BCUT2D eigenvalue weighted by Gasteiger charge is 2.32. The topological polar surface area (TPSA) is 132 Å². The summed E-state index contributed by atoms with van der Waals surface area (Å²) in [5.74, 6) is -2.20. The van der Waals surface area contributed by atoms with Crippen molar-refractivity contribution < 1.29 is 24.4 Å². The van der Waals surface area contributed by atoms with Gasteiger partial charge in [-0.1, -0.05) is 0 Å². The zero-order valence-electron chi connectivity index (χ0n) is 12.5. The number of carboxylic acids is 1. The van der Waals surface area contributed by atoms with Crippen molar-refractivity contribution in [2.45, 2.75) is 25.8 Å². The predicted molar refractivity (Wildman–Crippen MR) is 78.1 cm³/mol. The van der Waals surface area contributed by atoms with E-state index in [0.717, 1.165) is 18.7 Å². The lowest BCUT2D eigenvalue weighted by atomic mass is 9.93. The van der Waals surface area contributed by atoms with Gasteiger partial charge >= 0.3 is 5.97 Å². The van der Waals surface area contributed by atoms with E-state index in [4.69, 9.17) is 4.74 Å². The van der Waals surface area contributed by atoms with Gasteiger partial charge in [-0.25, -0.2) is 4.79 Å². The number of carbonyl (C=O) groups excluding carboxylic acids is 1. The summed E-state index contributed by atoms with van der Waals surface area (Å²) in [5.41, 5.74) is -0.0482. The minimum absolute atomic E-state index is 0.0119. The number of nitro groups is 1. The molecule has 2 atom stereocenters. The van der Waals surface area contributed by atoms with Gasteiger partial charge in [0, 0.05) is 18.6 Å². The van der Waals surface area contributed by atoms with Crippen molar-refractivity contribution in [3.63, 3.8) is 0 Å². The van der Waals surface area contributed by atoms with Gasteiger partial charge in [0.1, 0.15) is 12.2 Å². The van der Waals surface area contributed by atoms with Crippen LogP contribution >= 0.6 is 0 Å². The average molecular weight is 323 g/mol. The van der Waals surface area contributed by atoms with Crippen molar-refractivity contribution in [2.24, 2.45) is 5.92 Å². The largest absolute Gasteiger partial charge is 0.480 e. The average Bonchev–Trinajstić information content (AvgIpc) is 2.53. The Morgan fingerprint density at radius 2 is 2.30 bits per heavy atom. The zero-order chi connectivity index (χ0) is 17.0. The molecular formula is C14H17N3O6. The van der Waals surface area contributed by atoms with E-state index in [1.165, 1.54) is 6.92 Å². The van der Waals surface area contributed by atoms with Crippen molar-refractivity contribution in [3.8, 4) is 0 Å². The van der Waals surface area contributed by atoms with Gasteiger partial charge < -0.3 is 15.2 Å². The van der Waals surface area contributed by atoms with E-state index in [2.05, 4.69) is 10.3 Å². The molecule has 0 spiro atoms. The van der Waals surface area contributed by atoms with Crippen molar-refractivity contribution >= 4 is 17.6 Å². The number of carboxylic acid groups (broad SMARTS) is 1. The molecule has 2 unspecified atom stereocenters. The molecule has 0 saturated carbocycles. The number of rotatable bonds is 5. The molecule has 1 aromatic heterocycles. The summed E-state index contributed by atoms with van der Waals surface area (Å²) < 4.78 is 5.26. The monoisotopic (exact) mass is 323 g/mol. The summed E-state index contributed by atoms with van der Waals surface area (Å²) in [6, 6.07) is -0.0185. The standard InChI is InChI=1S/C14H17N3O6/c1-8-11(5-10(6-15-8)17(21)22)13(18)16-12(14(19)20)9-3-2-4-23-7-9/h5-6,9,12H,2-4,7H2,1H3,(H,16,18)(H,19,20). The van der Waals surface area contributed by atoms with Gasteiger partial charge in [-0.2, -0.15) is 0 Å². The van der Waals surface area contributed by atoms with Gasteiger partial charge in [-0.15, -0.1) is 0 Å². The van der Waals surface area contributed by atoms with E-state index < -0.39 is 22.8 Å². The van der Waals surface area contributed by atoms with Crippen LogP contribution in [0.2, 0.25) is 0 Å². The number of aliphatic carboxylic acids is 1. The summed E-state index contributed by atoms with van der Waals surface area (Å²) in [6.45, 7) is 2.35. The van der Waals surface area contributed by atoms with Crippen molar-refractivity contribution in [1.82, 2.24) is 10.3 Å². The summed E-state index contributed by atoms with van der Waals surface area (Å²) in [4.78, 5) is 37.7. The molecular weight excluding hydrogens is 306 g/mol. The molecule has 23 heavy (non-hydrogen) atoms. The number of nitrogens with one attached hydrogen (secondary N) is 1. The van der Waals surface area contributed by atoms with Crippen LogP contribution in [0, 0.1) is 23.0 Å². The molecule has 0 aromatic carbocycles. The van der Waals surface area contributed by atoms with Crippen LogP contribution in [0.5, 0.6) is 0 Å². The van der Waals surface area contributed by atoms with E-state index in [0.29, 0.717) is 13.0 Å². The van der Waals surface area contributed by atoms with Crippen LogP contribution in [-0.2, 0) is 9.53 Å². The third-order valence-corrected chi connectivity index (χ3v) is 3.75. The quantitative estimate of drug-likeness (QED) is 0.608. The SMILES string of the molecule is Cc1ncc([N+](=O)[O-])cc1C(=O)NC(C(=O)O)C1CCCOC1. The van der Waals surface area contributed by atoms with Crippen LogP contribution in [0.15, 0.2) is 12.3 Å². The van der Waals surface area contributed by atoms with Crippen LogP contribution < -0.4 is 5.32 Å². The zero-order valence-corrected chi connectivity index (χ0v) is 12.5. The second-order valence-corrected chi connectivity index (χ2v) is 5.35. The highest BCUT2D eigenvalue weighted by Crippen LogP contribution is 2.19. The lowest BCUT2D eigenvalue weighted by molar-refractivity contribution is -0.385. The maximum Gasteiger partial charge on any atom is 0.326 e. The summed E-state index contributed by atoms with van der Waals surface area (Å²) in [6.07, 6.45) is 2.40. The normalized spacial score (nSPS) is 18.9. The molecule has 2 heterocycles. The first-order chi connectivity index (χ1) is 10.9. The molecule has 2 rings (SSSR count). The van der Waals surface area contributed by atoms with E-state index >= 15 is 0 Å². The van der Waals surface area contributed by atoms with Gasteiger partial charge in [-0.3, -0.25) is 19.9 Å². The van der Waals surface area contributed by atoms with Crippen LogP contribution in [0.3, 0.4) is 0 Å². The molecule has 124 valence electrons. The molecule has 0 radical (unpaired) electrons. The third kappa shape index (κ3) is 4.01. The minimum Gasteiger partial charge on any atom is -0.480 e. The molecule has 2 N–H and O–H groups in total. The van der Waals surface area contributed by atoms with Crippen molar-refractivity contribution in [2.75, 3.05) is 13.2 Å². The van der Waals surface area contributed by atoms with Crippen LogP contribution in [0.1, 0.15) is 28.9 Å². The van der Waals surface area contributed by atoms with E-state index in [-0.39, 0.29) is 29.5 Å². The van der Waals surface area contributed by atoms with E-state index in [1.807, 2.05) is 0 Å². The molecule has 1 aliphatic heterocycles. The first kappa shape index (κ1) is 16.8. The Hall–Kier alpha value is -2.55. The van der Waals surface area contributed by atoms with Crippen molar-refractivity contribution in [1.29, 1.82) is 0 Å². The number of aromatic nitrogens is 1. The second kappa shape index (κ2) is 7.14. The Kier molecular flexibility index (Phi) is 5.22. The number of pyridine rings is 1. The molecule has 9 nitrogen and oxygen atoms in total. The molecule has 0 bridgehead atoms. The minimum atomic E-state index is -1.16. The number of nitrogens with zero attached hydrogens (tertiary/aromatic N) is 2. The van der Waals surface area contributed by atoms with Gasteiger partial charge in [0.25, 0.3) is 11.6 Å². The molecule has 1 aliphatic rings. The molecule has 1 fully saturated rings. The number of hydrogen-bond donors (Lipinski definition) is 2. The van der Waals surface area contributed by atoms with Crippen LogP contribution in [0.4, 0.5) is 5.69 Å². The smallest absolute Gasteiger partial charge is 0.326 e. The number of carbonyl (C=O) groups is 2. The molecule has 0 aliphatic carbocycles. The van der Waals surface area contributed by atoms with Crippen molar-refractivity contribution in [3.05, 3.63) is 33.6 Å². The van der Waals surface area contributed by atoms with Gasteiger partial charge in [0.2, 0.25) is 0 Å². The Bertz CT molecular complexity index is 627.